The van der Waals surface area contributed by atoms with Crippen LogP contribution >= 0.6 is 15.8 Å². The lowest BCUT2D eigenvalue weighted by Crippen LogP contribution is -2.49. The molecule has 0 radical (unpaired) electrons. The van der Waals surface area contributed by atoms with Crippen molar-refractivity contribution in [3.63, 3.8) is 0 Å². The Kier molecular flexibility index (Phi) is 4.61. The number of rotatable bonds is 2. The lowest BCUT2D eigenvalue weighted by molar-refractivity contribution is -0.261. The zero-order valence-electron chi connectivity index (χ0n) is 13.9. The Labute approximate surface area is 140 Å². The Hall–Kier alpha value is 0.180. The number of alkyl halides is 6. The van der Waals surface area contributed by atoms with E-state index in [9.17, 15) is 26.3 Å². The normalized spacial score (nSPS) is 41.4. The van der Waals surface area contributed by atoms with E-state index in [1.54, 1.807) is 20.8 Å². The summed E-state index contributed by atoms with van der Waals surface area (Å²) in [5.74, 6) is -14.8. The summed E-state index contributed by atoms with van der Waals surface area (Å²) < 4.78 is 86.8. The highest BCUT2D eigenvalue weighted by atomic mass is 31.1. The summed E-state index contributed by atoms with van der Waals surface area (Å²) in [7, 11) is -3.28. The summed E-state index contributed by atoms with van der Waals surface area (Å²) in [5.41, 5.74) is -0.601. The van der Waals surface area contributed by atoms with Crippen LogP contribution in [0.3, 0.4) is 0 Å². The molecule has 0 amide bonds. The van der Waals surface area contributed by atoms with Gasteiger partial charge in [0.05, 0.1) is 0 Å². The van der Waals surface area contributed by atoms with Gasteiger partial charge in [-0.3, -0.25) is 0 Å². The van der Waals surface area contributed by atoms with Crippen molar-refractivity contribution in [2.45, 2.75) is 81.2 Å². The summed E-state index contributed by atoms with van der Waals surface area (Å²) >= 11 is 0. The number of allylic oxidation sites excluding steroid dienone is 2. The van der Waals surface area contributed by atoms with Crippen molar-refractivity contribution >= 4 is 15.8 Å². The smallest absolute Gasteiger partial charge is 0.194 e. The zero-order chi connectivity index (χ0) is 18.1. The van der Waals surface area contributed by atoms with Gasteiger partial charge in [-0.15, -0.1) is 0 Å². The standard InChI is InChI=1S/C16H22F6P2/c1-9-5-4-8-23(9)12-13(24-10(2)6-7-11(24)3)15(19,20)16(21,22)14(12,17)18/h9-11H,4-8H2,1-3H3/t9-,10-,11-,23?/m1/s1. The molecule has 0 aromatic heterocycles. The highest BCUT2D eigenvalue weighted by Crippen LogP contribution is 2.79. The minimum atomic E-state index is -5.31. The Bertz CT molecular complexity index is 549. The predicted molar refractivity (Wildman–Crippen MR) is 87.4 cm³/mol. The molecule has 138 valence electrons. The molecule has 0 saturated carbocycles. The lowest BCUT2D eigenvalue weighted by Gasteiger charge is -2.30. The molecule has 8 heteroatoms. The van der Waals surface area contributed by atoms with Gasteiger partial charge in [0.1, 0.15) is 0 Å². The fraction of sp³-hybridized carbons (Fsp3) is 0.875. The largest absolute Gasteiger partial charge is 0.380 e. The zero-order valence-corrected chi connectivity index (χ0v) is 15.7. The van der Waals surface area contributed by atoms with Gasteiger partial charge in [-0.2, -0.15) is 26.3 Å². The molecule has 0 spiro atoms. The molecular formula is C16H22F6P2. The van der Waals surface area contributed by atoms with Crippen LogP contribution < -0.4 is 0 Å². The topological polar surface area (TPSA) is 0 Å². The third-order valence-corrected chi connectivity index (χ3v) is 12.5. The third-order valence-electron chi connectivity index (χ3n) is 5.66. The summed E-state index contributed by atoms with van der Waals surface area (Å²) in [6, 6.07) is 0. The first-order valence-electron chi connectivity index (χ1n) is 8.38. The second kappa shape index (κ2) is 5.84. The van der Waals surface area contributed by atoms with Crippen LogP contribution in [0, 0.1) is 0 Å². The first kappa shape index (κ1) is 19.0. The van der Waals surface area contributed by atoms with Crippen molar-refractivity contribution < 1.29 is 26.3 Å². The van der Waals surface area contributed by atoms with Gasteiger partial charge in [-0.1, -0.05) is 36.6 Å². The van der Waals surface area contributed by atoms with E-state index in [2.05, 4.69) is 0 Å². The van der Waals surface area contributed by atoms with E-state index in [1.165, 1.54) is 0 Å². The van der Waals surface area contributed by atoms with Crippen LogP contribution in [-0.2, 0) is 0 Å². The fourth-order valence-electron chi connectivity index (χ4n) is 4.29. The maximum absolute atomic E-state index is 14.7. The van der Waals surface area contributed by atoms with Crippen molar-refractivity contribution in [3.05, 3.63) is 10.6 Å². The van der Waals surface area contributed by atoms with E-state index in [0.29, 0.717) is 31.8 Å². The van der Waals surface area contributed by atoms with Gasteiger partial charge in [0.25, 0.3) is 0 Å². The highest BCUT2D eigenvalue weighted by molar-refractivity contribution is 7.68. The second-order valence-corrected chi connectivity index (χ2v) is 13.0. The first-order valence-corrected chi connectivity index (χ1v) is 11.5. The minimum Gasteiger partial charge on any atom is -0.194 e. The SMILES string of the molecule is C[C@@H]1CCCP1C1=C(P2[C@H](C)CC[C@H]2C)C(F)(F)C(F)(F)C1(F)F. The van der Waals surface area contributed by atoms with Crippen molar-refractivity contribution in [1.82, 2.24) is 0 Å². The summed E-state index contributed by atoms with van der Waals surface area (Å²) in [6.07, 6.45) is 2.95. The van der Waals surface area contributed by atoms with E-state index in [-0.39, 0.29) is 17.0 Å². The Balaban J connectivity index is 2.23. The molecule has 1 aliphatic carbocycles. The molecule has 3 aliphatic rings. The van der Waals surface area contributed by atoms with Gasteiger partial charge in [-0.25, -0.2) is 0 Å². The maximum Gasteiger partial charge on any atom is 0.380 e. The molecule has 2 aliphatic heterocycles. The van der Waals surface area contributed by atoms with Crippen LogP contribution in [0.4, 0.5) is 26.3 Å². The minimum absolute atomic E-state index is 0.191. The average molecular weight is 390 g/mol. The fourth-order valence-corrected chi connectivity index (χ4v) is 11.5. The molecule has 3 rings (SSSR count). The summed E-state index contributed by atoms with van der Waals surface area (Å²) in [4.78, 5) is 0. The van der Waals surface area contributed by atoms with Crippen molar-refractivity contribution in [2.24, 2.45) is 0 Å². The molecule has 4 atom stereocenters. The summed E-state index contributed by atoms with van der Waals surface area (Å²) in [5, 5.41) is -1.66. The van der Waals surface area contributed by atoms with Crippen LogP contribution in [0.25, 0.3) is 0 Å². The van der Waals surface area contributed by atoms with E-state index >= 15 is 0 Å². The van der Waals surface area contributed by atoms with Gasteiger partial charge in [0.15, 0.2) is 0 Å². The van der Waals surface area contributed by atoms with Gasteiger partial charge in [0, 0.05) is 10.6 Å². The molecule has 0 aromatic carbocycles. The quantitative estimate of drug-likeness (QED) is 0.358. The first-order chi connectivity index (χ1) is 10.9. The highest BCUT2D eigenvalue weighted by Gasteiger charge is 2.81. The van der Waals surface area contributed by atoms with Gasteiger partial charge >= 0.3 is 17.8 Å². The van der Waals surface area contributed by atoms with Gasteiger partial charge in [-0.05, 0) is 48.8 Å². The number of halogens is 6. The van der Waals surface area contributed by atoms with Crippen LogP contribution in [0.5, 0.6) is 0 Å². The monoisotopic (exact) mass is 390 g/mol. The van der Waals surface area contributed by atoms with E-state index in [0.717, 1.165) is 0 Å². The van der Waals surface area contributed by atoms with E-state index in [4.69, 9.17) is 0 Å². The second-order valence-electron chi connectivity index (χ2n) is 7.29. The maximum atomic E-state index is 14.7. The van der Waals surface area contributed by atoms with Crippen molar-refractivity contribution in [1.29, 1.82) is 0 Å². The number of hydrogen-bond acceptors (Lipinski definition) is 0. The molecular weight excluding hydrogens is 368 g/mol. The van der Waals surface area contributed by atoms with Crippen LogP contribution in [-0.4, -0.2) is 40.9 Å². The van der Waals surface area contributed by atoms with Crippen LogP contribution in [0.1, 0.15) is 46.5 Å². The Morgan fingerprint density at radius 1 is 0.750 bits per heavy atom. The number of hydrogen-bond donors (Lipinski definition) is 0. The third kappa shape index (κ3) is 2.34. The van der Waals surface area contributed by atoms with Gasteiger partial charge < -0.3 is 0 Å². The van der Waals surface area contributed by atoms with Crippen molar-refractivity contribution in [3.8, 4) is 0 Å². The van der Waals surface area contributed by atoms with Crippen molar-refractivity contribution in [2.75, 3.05) is 6.16 Å². The molecule has 0 aromatic rings. The van der Waals surface area contributed by atoms with Crippen LogP contribution in [0.15, 0.2) is 10.6 Å². The van der Waals surface area contributed by atoms with Crippen LogP contribution in [0.2, 0.25) is 0 Å². The van der Waals surface area contributed by atoms with E-state index < -0.39 is 44.2 Å². The molecule has 2 heterocycles. The molecule has 0 bridgehead atoms. The average Bonchev–Trinajstić information content (AvgIpc) is 3.04. The molecule has 1 unspecified atom stereocenters. The molecule has 0 N–H and O–H groups in total. The Morgan fingerprint density at radius 2 is 1.25 bits per heavy atom. The molecule has 0 nitrogen and oxygen atoms in total. The predicted octanol–water partition coefficient (Wildman–Crippen LogP) is 6.83. The lowest BCUT2D eigenvalue weighted by atomic mass is 10.2. The molecule has 2 fully saturated rings. The molecule has 24 heavy (non-hydrogen) atoms. The van der Waals surface area contributed by atoms with E-state index in [1.807, 2.05) is 0 Å². The summed E-state index contributed by atoms with van der Waals surface area (Å²) in [6.45, 7) is 5.23. The van der Waals surface area contributed by atoms with Gasteiger partial charge in [0.2, 0.25) is 0 Å². The molecule has 2 saturated heterocycles. The Morgan fingerprint density at radius 3 is 1.71 bits per heavy atom.